The highest BCUT2D eigenvalue weighted by molar-refractivity contribution is 9.09. The van der Waals surface area contributed by atoms with Gasteiger partial charge in [0, 0.05) is 18.5 Å². The second kappa shape index (κ2) is 9.65. The van der Waals surface area contributed by atoms with Crippen molar-refractivity contribution in [3.63, 3.8) is 0 Å². The van der Waals surface area contributed by atoms with Crippen molar-refractivity contribution in [3.05, 3.63) is 0 Å². The third-order valence-electron chi connectivity index (χ3n) is 3.29. The molecule has 0 heterocycles. The molecule has 0 radical (unpaired) electrons. The van der Waals surface area contributed by atoms with Crippen LogP contribution in [0.3, 0.4) is 0 Å². The molecule has 0 rings (SSSR count). The number of rotatable bonds is 10. The Hall–Kier alpha value is 0.440. The van der Waals surface area contributed by atoms with E-state index in [1.54, 1.807) is 0 Å². The quantitative estimate of drug-likeness (QED) is 0.413. The predicted octanol–water partition coefficient (Wildman–Crippen LogP) is 4.78. The minimum atomic E-state index is 0.521. The molecule has 92 valence electrons. The van der Waals surface area contributed by atoms with Crippen LogP contribution in [0.25, 0.3) is 0 Å². The molecule has 0 aromatic rings. The van der Waals surface area contributed by atoms with Crippen LogP contribution in [0.2, 0.25) is 0 Å². The Labute approximate surface area is 104 Å². The van der Waals surface area contributed by atoms with Gasteiger partial charge in [0.15, 0.2) is 0 Å². The average molecular weight is 279 g/mol. The van der Waals surface area contributed by atoms with Crippen molar-refractivity contribution in [1.82, 2.24) is 0 Å². The Kier molecular flexibility index (Phi) is 9.93. The zero-order valence-electron chi connectivity index (χ0n) is 10.7. The van der Waals surface area contributed by atoms with Crippen LogP contribution in [0, 0.1) is 5.41 Å². The molecule has 0 aliphatic rings. The molecule has 0 spiro atoms. The van der Waals surface area contributed by atoms with Gasteiger partial charge < -0.3 is 4.74 Å². The molecule has 0 fully saturated rings. The van der Waals surface area contributed by atoms with Gasteiger partial charge in [-0.05, 0) is 38.0 Å². The summed E-state index contributed by atoms with van der Waals surface area (Å²) in [5, 5.41) is 1.14. The van der Waals surface area contributed by atoms with Crippen LogP contribution in [0.15, 0.2) is 0 Å². The SMILES string of the molecule is CCCCC(CC)(CBr)CCCOCC. The monoisotopic (exact) mass is 278 g/mol. The molecular weight excluding hydrogens is 252 g/mol. The fourth-order valence-electron chi connectivity index (χ4n) is 1.95. The Morgan fingerprint density at radius 1 is 1.07 bits per heavy atom. The zero-order valence-corrected chi connectivity index (χ0v) is 12.2. The summed E-state index contributed by atoms with van der Waals surface area (Å²) in [5.74, 6) is 0. The normalized spacial score (nSPS) is 15.2. The van der Waals surface area contributed by atoms with Gasteiger partial charge in [0.25, 0.3) is 0 Å². The summed E-state index contributed by atoms with van der Waals surface area (Å²) in [4.78, 5) is 0. The fraction of sp³-hybridized carbons (Fsp3) is 1.00. The lowest BCUT2D eigenvalue weighted by molar-refractivity contribution is 0.127. The summed E-state index contributed by atoms with van der Waals surface area (Å²) in [6, 6.07) is 0. The molecule has 0 N–H and O–H groups in total. The molecule has 0 aromatic heterocycles. The van der Waals surface area contributed by atoms with Crippen LogP contribution < -0.4 is 0 Å². The van der Waals surface area contributed by atoms with E-state index in [0.717, 1.165) is 18.5 Å². The standard InChI is InChI=1S/C13H27BrO/c1-4-7-9-13(5-2,12-14)10-8-11-15-6-3/h4-12H2,1-3H3. The van der Waals surface area contributed by atoms with E-state index >= 15 is 0 Å². The Balaban J connectivity index is 3.88. The van der Waals surface area contributed by atoms with E-state index in [2.05, 4.69) is 36.7 Å². The molecule has 0 aromatic carbocycles. The lowest BCUT2D eigenvalue weighted by Gasteiger charge is -2.31. The van der Waals surface area contributed by atoms with E-state index in [1.807, 2.05) is 0 Å². The molecule has 0 amide bonds. The summed E-state index contributed by atoms with van der Waals surface area (Å²) in [6.45, 7) is 8.43. The van der Waals surface area contributed by atoms with E-state index < -0.39 is 0 Å². The lowest BCUT2D eigenvalue weighted by atomic mass is 9.78. The van der Waals surface area contributed by atoms with Gasteiger partial charge in [-0.3, -0.25) is 0 Å². The van der Waals surface area contributed by atoms with E-state index in [0.29, 0.717) is 5.41 Å². The van der Waals surface area contributed by atoms with Gasteiger partial charge >= 0.3 is 0 Å². The Morgan fingerprint density at radius 3 is 2.20 bits per heavy atom. The molecule has 0 bridgehead atoms. The first-order chi connectivity index (χ1) is 7.24. The summed E-state index contributed by atoms with van der Waals surface area (Å²) in [6.07, 6.45) is 7.81. The van der Waals surface area contributed by atoms with E-state index in [4.69, 9.17) is 4.74 Å². The molecular formula is C13H27BrO. The molecule has 0 aliphatic heterocycles. The highest BCUT2D eigenvalue weighted by atomic mass is 79.9. The topological polar surface area (TPSA) is 9.23 Å². The minimum absolute atomic E-state index is 0.521. The number of hydrogen-bond acceptors (Lipinski definition) is 1. The van der Waals surface area contributed by atoms with E-state index in [9.17, 15) is 0 Å². The van der Waals surface area contributed by atoms with Crippen LogP contribution in [0.4, 0.5) is 0 Å². The number of hydrogen-bond donors (Lipinski definition) is 0. The minimum Gasteiger partial charge on any atom is -0.382 e. The largest absolute Gasteiger partial charge is 0.382 e. The van der Waals surface area contributed by atoms with Crippen LogP contribution in [-0.4, -0.2) is 18.5 Å². The van der Waals surface area contributed by atoms with Crippen molar-refractivity contribution in [2.45, 2.75) is 59.3 Å². The number of halogens is 1. The van der Waals surface area contributed by atoms with Gasteiger partial charge in [-0.2, -0.15) is 0 Å². The second-order valence-electron chi connectivity index (χ2n) is 4.39. The highest BCUT2D eigenvalue weighted by Crippen LogP contribution is 2.35. The molecule has 1 atom stereocenters. The van der Waals surface area contributed by atoms with Crippen LogP contribution in [0.1, 0.15) is 59.3 Å². The maximum Gasteiger partial charge on any atom is 0.0466 e. The van der Waals surface area contributed by atoms with Crippen LogP contribution >= 0.6 is 15.9 Å². The lowest BCUT2D eigenvalue weighted by Crippen LogP contribution is -2.22. The zero-order chi connectivity index (χ0) is 11.6. The predicted molar refractivity (Wildman–Crippen MR) is 71.8 cm³/mol. The molecule has 1 unspecified atom stereocenters. The smallest absolute Gasteiger partial charge is 0.0466 e. The van der Waals surface area contributed by atoms with Gasteiger partial charge in [-0.15, -0.1) is 0 Å². The summed E-state index contributed by atoms with van der Waals surface area (Å²) in [7, 11) is 0. The maximum atomic E-state index is 5.41. The van der Waals surface area contributed by atoms with Gasteiger partial charge in [-0.25, -0.2) is 0 Å². The molecule has 1 nitrogen and oxygen atoms in total. The van der Waals surface area contributed by atoms with Crippen molar-refractivity contribution >= 4 is 15.9 Å². The third-order valence-corrected chi connectivity index (χ3v) is 4.48. The first-order valence-corrected chi connectivity index (χ1v) is 7.50. The molecule has 0 aliphatic carbocycles. The number of alkyl halides is 1. The first-order valence-electron chi connectivity index (χ1n) is 6.38. The van der Waals surface area contributed by atoms with Gasteiger partial charge in [0.1, 0.15) is 0 Å². The third kappa shape index (κ3) is 6.57. The Morgan fingerprint density at radius 2 is 1.73 bits per heavy atom. The molecule has 15 heavy (non-hydrogen) atoms. The Bertz CT molecular complexity index is 132. The number of ether oxygens (including phenoxy) is 1. The summed E-state index contributed by atoms with van der Waals surface area (Å²) >= 11 is 3.69. The summed E-state index contributed by atoms with van der Waals surface area (Å²) < 4.78 is 5.41. The van der Waals surface area contributed by atoms with Crippen molar-refractivity contribution in [2.75, 3.05) is 18.5 Å². The van der Waals surface area contributed by atoms with E-state index in [-0.39, 0.29) is 0 Å². The average Bonchev–Trinajstić information content (AvgIpc) is 2.29. The first kappa shape index (κ1) is 15.4. The fourth-order valence-corrected chi connectivity index (χ4v) is 2.91. The highest BCUT2D eigenvalue weighted by Gasteiger charge is 2.25. The molecule has 2 heteroatoms. The van der Waals surface area contributed by atoms with Gasteiger partial charge in [0.2, 0.25) is 0 Å². The van der Waals surface area contributed by atoms with Crippen molar-refractivity contribution in [1.29, 1.82) is 0 Å². The summed E-state index contributed by atoms with van der Waals surface area (Å²) in [5.41, 5.74) is 0.521. The van der Waals surface area contributed by atoms with Crippen LogP contribution in [0.5, 0.6) is 0 Å². The van der Waals surface area contributed by atoms with Gasteiger partial charge in [0.05, 0.1) is 0 Å². The van der Waals surface area contributed by atoms with Crippen LogP contribution in [-0.2, 0) is 4.74 Å². The van der Waals surface area contributed by atoms with E-state index in [1.165, 1.54) is 38.5 Å². The second-order valence-corrected chi connectivity index (χ2v) is 4.95. The van der Waals surface area contributed by atoms with Crippen molar-refractivity contribution in [2.24, 2.45) is 5.41 Å². The van der Waals surface area contributed by atoms with Gasteiger partial charge in [-0.1, -0.05) is 42.6 Å². The van der Waals surface area contributed by atoms with Crippen molar-refractivity contribution in [3.8, 4) is 0 Å². The molecule has 0 saturated carbocycles. The number of unbranched alkanes of at least 4 members (excludes halogenated alkanes) is 1. The maximum absolute atomic E-state index is 5.41. The van der Waals surface area contributed by atoms with Crippen molar-refractivity contribution < 1.29 is 4.74 Å². The molecule has 0 saturated heterocycles.